The summed E-state index contributed by atoms with van der Waals surface area (Å²) in [7, 11) is 0. The molecule has 2 aliphatic rings. The van der Waals surface area contributed by atoms with E-state index >= 15 is 0 Å². The van der Waals surface area contributed by atoms with Crippen LogP contribution < -0.4 is 5.32 Å². The number of hydrogen-bond acceptors (Lipinski definition) is 4. The maximum atomic E-state index is 13.5. The normalized spacial score (nSPS) is 20.7. The lowest BCUT2D eigenvalue weighted by Crippen LogP contribution is -2.53. The van der Waals surface area contributed by atoms with E-state index in [-0.39, 0.29) is 46.6 Å². The van der Waals surface area contributed by atoms with Gasteiger partial charge in [0.25, 0.3) is 0 Å². The van der Waals surface area contributed by atoms with Crippen molar-refractivity contribution in [2.45, 2.75) is 46.1 Å². The first-order valence-corrected chi connectivity index (χ1v) is 12.0. The van der Waals surface area contributed by atoms with Crippen LogP contribution in [-0.2, 0) is 19.2 Å². The largest absolute Gasteiger partial charge is 0.332 e. The minimum absolute atomic E-state index is 0.0646. The Labute approximate surface area is 204 Å². The number of anilines is 1. The Morgan fingerprint density at radius 1 is 1.09 bits per heavy atom. The van der Waals surface area contributed by atoms with E-state index in [1.54, 1.807) is 25.1 Å². The first-order chi connectivity index (χ1) is 15.6. The zero-order chi connectivity index (χ0) is 24.3. The van der Waals surface area contributed by atoms with Gasteiger partial charge in [-0.05, 0) is 44.2 Å². The van der Waals surface area contributed by atoms with Gasteiger partial charge in [0.2, 0.25) is 23.6 Å². The molecule has 3 unspecified atom stereocenters. The number of carbonyl (C=O) groups is 4. The zero-order valence-electron chi connectivity index (χ0n) is 19.0. The molecule has 3 atom stereocenters. The van der Waals surface area contributed by atoms with Crippen LogP contribution in [0.15, 0.2) is 30.4 Å². The van der Waals surface area contributed by atoms with Gasteiger partial charge in [0, 0.05) is 6.54 Å². The fourth-order valence-electron chi connectivity index (χ4n) is 4.42. The van der Waals surface area contributed by atoms with Crippen molar-refractivity contribution in [2.24, 2.45) is 17.8 Å². The van der Waals surface area contributed by atoms with E-state index in [0.717, 1.165) is 4.90 Å². The molecular formula is C24H29Cl2N3O4. The van der Waals surface area contributed by atoms with Gasteiger partial charge in [-0.1, -0.05) is 55.3 Å². The molecule has 0 bridgehead atoms. The monoisotopic (exact) mass is 493 g/mol. The number of fused-ring (bicyclic) bond motifs is 1. The van der Waals surface area contributed by atoms with Gasteiger partial charge in [-0.25, -0.2) is 0 Å². The van der Waals surface area contributed by atoms with Gasteiger partial charge in [-0.3, -0.25) is 24.1 Å². The number of rotatable bonds is 8. The number of imide groups is 1. The van der Waals surface area contributed by atoms with Crippen LogP contribution in [0.3, 0.4) is 0 Å². The fourth-order valence-corrected chi connectivity index (χ4v) is 4.91. The number of nitrogens with one attached hydrogen (secondary N) is 1. The first kappa shape index (κ1) is 25.2. The summed E-state index contributed by atoms with van der Waals surface area (Å²) in [4.78, 5) is 55.0. The second kappa shape index (κ2) is 10.7. The zero-order valence-corrected chi connectivity index (χ0v) is 20.5. The van der Waals surface area contributed by atoms with E-state index in [1.165, 1.54) is 4.90 Å². The number of carbonyl (C=O) groups excluding carboxylic acids is 4. The highest BCUT2D eigenvalue weighted by atomic mass is 35.5. The molecule has 1 aliphatic heterocycles. The average Bonchev–Trinajstić information content (AvgIpc) is 3.03. The fraction of sp³-hybridized carbons (Fsp3) is 0.500. The van der Waals surface area contributed by atoms with Crippen LogP contribution in [-0.4, -0.2) is 52.6 Å². The van der Waals surface area contributed by atoms with E-state index in [9.17, 15) is 19.2 Å². The molecular weight excluding hydrogens is 465 g/mol. The summed E-state index contributed by atoms with van der Waals surface area (Å²) < 4.78 is 0. The van der Waals surface area contributed by atoms with Crippen molar-refractivity contribution in [1.29, 1.82) is 0 Å². The number of benzene rings is 1. The van der Waals surface area contributed by atoms with Crippen molar-refractivity contribution in [3.8, 4) is 0 Å². The Balaban J connectivity index is 1.79. The van der Waals surface area contributed by atoms with Gasteiger partial charge in [0.05, 0.1) is 34.1 Å². The average molecular weight is 494 g/mol. The van der Waals surface area contributed by atoms with Crippen LogP contribution in [0.4, 0.5) is 5.69 Å². The molecule has 178 valence electrons. The van der Waals surface area contributed by atoms with Gasteiger partial charge >= 0.3 is 0 Å². The van der Waals surface area contributed by atoms with Crippen molar-refractivity contribution in [3.05, 3.63) is 40.4 Å². The van der Waals surface area contributed by atoms with E-state index in [2.05, 4.69) is 5.32 Å². The Morgan fingerprint density at radius 2 is 1.64 bits per heavy atom. The minimum atomic E-state index is -0.938. The molecule has 0 saturated carbocycles. The highest BCUT2D eigenvalue weighted by Crippen LogP contribution is 2.37. The lowest BCUT2D eigenvalue weighted by atomic mass is 9.85. The first-order valence-electron chi connectivity index (χ1n) is 11.2. The Hall–Kier alpha value is -2.38. The molecule has 1 N–H and O–H groups in total. The predicted octanol–water partition coefficient (Wildman–Crippen LogP) is 4.15. The van der Waals surface area contributed by atoms with Crippen LogP contribution in [0.1, 0.15) is 40.0 Å². The van der Waals surface area contributed by atoms with Crippen LogP contribution in [0.5, 0.6) is 0 Å². The maximum absolute atomic E-state index is 13.5. The number of para-hydroxylation sites is 1. The second-order valence-electron chi connectivity index (χ2n) is 8.84. The van der Waals surface area contributed by atoms with Gasteiger partial charge < -0.3 is 10.2 Å². The summed E-state index contributed by atoms with van der Waals surface area (Å²) in [6.07, 6.45) is 5.17. The Morgan fingerprint density at radius 3 is 2.12 bits per heavy atom. The molecule has 1 aromatic carbocycles. The molecule has 1 aromatic rings. The summed E-state index contributed by atoms with van der Waals surface area (Å²) in [5.74, 6) is -2.24. The molecule has 7 nitrogen and oxygen atoms in total. The smallest absolute Gasteiger partial charge is 0.246 e. The van der Waals surface area contributed by atoms with Crippen LogP contribution in [0, 0.1) is 17.8 Å². The summed E-state index contributed by atoms with van der Waals surface area (Å²) in [5.41, 5.74) is 0.273. The molecule has 4 amide bonds. The summed E-state index contributed by atoms with van der Waals surface area (Å²) in [6, 6.07) is 3.93. The third-order valence-corrected chi connectivity index (χ3v) is 6.72. The van der Waals surface area contributed by atoms with Gasteiger partial charge in [-0.15, -0.1) is 0 Å². The lowest BCUT2D eigenvalue weighted by Gasteiger charge is -2.32. The SMILES string of the molecule is CCN(CC(=O)Nc1c(Cl)cccc1Cl)C(=O)C(CC(C)C)N1C(=O)C2CC=CCC2C1=O. The Kier molecular flexibility index (Phi) is 8.19. The van der Waals surface area contributed by atoms with Gasteiger partial charge in [0.1, 0.15) is 6.04 Å². The van der Waals surface area contributed by atoms with Crippen molar-refractivity contribution in [3.63, 3.8) is 0 Å². The number of allylic oxidation sites excluding steroid dienone is 2. The molecule has 0 aromatic heterocycles. The van der Waals surface area contributed by atoms with Crippen molar-refractivity contribution in [1.82, 2.24) is 9.80 Å². The van der Waals surface area contributed by atoms with E-state index in [1.807, 2.05) is 26.0 Å². The standard InChI is InChI=1S/C24H29Cl2N3O4/c1-4-28(13-20(30)27-21-17(25)10-7-11-18(21)26)24(33)19(12-14(2)3)29-22(31)15-8-5-6-9-16(15)23(29)32/h5-7,10-11,14-16,19H,4,8-9,12-13H2,1-3H3,(H,27,30). The molecule has 3 rings (SSSR count). The Bertz CT molecular complexity index is 932. The van der Waals surface area contributed by atoms with Gasteiger partial charge in [0.15, 0.2) is 0 Å². The van der Waals surface area contributed by atoms with Crippen LogP contribution in [0.2, 0.25) is 10.0 Å². The van der Waals surface area contributed by atoms with Crippen LogP contribution in [0.25, 0.3) is 0 Å². The molecule has 1 heterocycles. The summed E-state index contributed by atoms with van der Waals surface area (Å²) in [5, 5.41) is 3.22. The van der Waals surface area contributed by atoms with E-state index in [4.69, 9.17) is 23.2 Å². The molecule has 1 fully saturated rings. The quantitative estimate of drug-likeness (QED) is 0.435. The highest BCUT2D eigenvalue weighted by molar-refractivity contribution is 6.39. The van der Waals surface area contributed by atoms with E-state index < -0.39 is 29.7 Å². The third kappa shape index (κ3) is 5.41. The topological polar surface area (TPSA) is 86.8 Å². The maximum Gasteiger partial charge on any atom is 0.246 e. The van der Waals surface area contributed by atoms with Gasteiger partial charge in [-0.2, -0.15) is 0 Å². The van der Waals surface area contributed by atoms with Crippen molar-refractivity contribution in [2.75, 3.05) is 18.4 Å². The number of nitrogens with zero attached hydrogens (tertiary/aromatic N) is 2. The number of hydrogen-bond donors (Lipinski definition) is 1. The second-order valence-corrected chi connectivity index (χ2v) is 9.66. The van der Waals surface area contributed by atoms with Crippen LogP contribution >= 0.6 is 23.2 Å². The van der Waals surface area contributed by atoms with Crippen molar-refractivity contribution >= 4 is 52.5 Å². The lowest BCUT2D eigenvalue weighted by molar-refractivity contribution is -0.152. The predicted molar refractivity (Wildman–Crippen MR) is 128 cm³/mol. The molecule has 1 aliphatic carbocycles. The third-order valence-electron chi connectivity index (χ3n) is 6.09. The van der Waals surface area contributed by atoms with E-state index in [0.29, 0.717) is 19.3 Å². The molecule has 0 radical (unpaired) electrons. The summed E-state index contributed by atoms with van der Waals surface area (Å²) >= 11 is 12.3. The number of amides is 4. The number of halogens is 2. The molecule has 1 saturated heterocycles. The minimum Gasteiger partial charge on any atom is -0.332 e. The van der Waals surface area contributed by atoms with Crippen molar-refractivity contribution < 1.29 is 19.2 Å². The highest BCUT2D eigenvalue weighted by Gasteiger charge is 2.51. The number of likely N-dealkylation sites (N-methyl/N-ethyl adjacent to an activating group) is 1. The molecule has 33 heavy (non-hydrogen) atoms. The summed E-state index contributed by atoms with van der Waals surface area (Å²) in [6.45, 7) is 5.60. The number of likely N-dealkylation sites (tertiary alicyclic amines) is 1. The molecule has 9 heteroatoms. The molecule has 0 spiro atoms.